The molecule has 0 aliphatic carbocycles. The van der Waals surface area contributed by atoms with Crippen molar-refractivity contribution >= 4 is 21.5 Å². The van der Waals surface area contributed by atoms with Crippen molar-refractivity contribution < 1.29 is 23.2 Å². The van der Waals surface area contributed by atoms with Crippen molar-refractivity contribution in [2.45, 2.75) is 32.6 Å². The topological polar surface area (TPSA) is 101 Å². The second-order valence-electron chi connectivity index (χ2n) is 5.89. The summed E-state index contributed by atoms with van der Waals surface area (Å²) in [7, 11) is -3.25. The first-order chi connectivity index (χ1) is 10.6. The summed E-state index contributed by atoms with van der Waals surface area (Å²) in [6.45, 7) is 3.69. The molecule has 7 heteroatoms. The molecule has 0 heterocycles. The summed E-state index contributed by atoms with van der Waals surface area (Å²) in [5, 5.41) is 8.77. The van der Waals surface area contributed by atoms with Crippen LogP contribution in [0, 0.1) is 12.8 Å². The Morgan fingerprint density at radius 2 is 1.78 bits per heavy atom. The van der Waals surface area contributed by atoms with E-state index in [1.165, 1.54) is 5.48 Å². The highest BCUT2D eigenvalue weighted by molar-refractivity contribution is 7.90. The molecule has 2 N–H and O–H groups in total. The number of rotatable bonds is 8. The summed E-state index contributed by atoms with van der Waals surface area (Å²) in [6.07, 6.45) is 0.951. The highest BCUT2D eigenvalue weighted by Gasteiger charge is 2.26. The maximum Gasteiger partial charge on any atom is 0.246 e. The van der Waals surface area contributed by atoms with Crippen LogP contribution < -0.4 is 5.48 Å². The van der Waals surface area contributed by atoms with Crippen LogP contribution in [0.4, 0.5) is 0 Å². The number of hydroxylamine groups is 1. The van der Waals surface area contributed by atoms with Crippen LogP contribution in [0.25, 0.3) is 0 Å². The van der Waals surface area contributed by atoms with Gasteiger partial charge in [0.1, 0.15) is 15.6 Å². The number of aryl methyl sites for hydroxylation is 1. The van der Waals surface area contributed by atoms with Crippen molar-refractivity contribution in [2.75, 3.05) is 12.0 Å². The Morgan fingerprint density at radius 1 is 1.22 bits per heavy atom. The molecule has 0 fully saturated rings. The van der Waals surface area contributed by atoms with Gasteiger partial charge in [-0.25, -0.2) is 13.9 Å². The monoisotopic (exact) mass is 341 g/mol. The van der Waals surface area contributed by atoms with Crippen molar-refractivity contribution in [1.82, 2.24) is 5.48 Å². The third kappa shape index (κ3) is 6.50. The number of hydrogen-bond acceptors (Lipinski definition) is 5. The van der Waals surface area contributed by atoms with Crippen molar-refractivity contribution in [3.8, 4) is 0 Å². The van der Waals surface area contributed by atoms with Crippen molar-refractivity contribution in [3.05, 3.63) is 35.4 Å². The molecule has 0 aromatic heterocycles. The maximum absolute atomic E-state index is 12.4. The lowest BCUT2D eigenvalue weighted by Crippen LogP contribution is -2.31. The van der Waals surface area contributed by atoms with Crippen LogP contribution in [0.3, 0.4) is 0 Å². The fourth-order valence-corrected chi connectivity index (χ4v) is 2.95. The molecular weight excluding hydrogens is 318 g/mol. The minimum absolute atomic E-state index is 0.00240. The maximum atomic E-state index is 12.4. The molecule has 0 saturated heterocycles. The molecule has 0 aliphatic heterocycles. The zero-order chi connectivity index (χ0) is 17.6. The van der Waals surface area contributed by atoms with Gasteiger partial charge in [-0.05, 0) is 18.9 Å². The lowest BCUT2D eigenvalue weighted by atomic mass is 9.89. The molecule has 6 nitrogen and oxygen atoms in total. The smallest absolute Gasteiger partial charge is 0.246 e. The van der Waals surface area contributed by atoms with E-state index in [4.69, 9.17) is 5.21 Å². The molecule has 0 bridgehead atoms. The number of nitrogens with one attached hydrogen (secondary N) is 1. The summed E-state index contributed by atoms with van der Waals surface area (Å²) in [4.78, 5) is 24.0. The third-order valence-electron chi connectivity index (χ3n) is 3.83. The molecule has 23 heavy (non-hydrogen) atoms. The predicted molar refractivity (Wildman–Crippen MR) is 87.0 cm³/mol. The molecule has 0 spiro atoms. The van der Waals surface area contributed by atoms with E-state index < -0.39 is 27.6 Å². The largest absolute Gasteiger partial charge is 0.299 e. The van der Waals surface area contributed by atoms with E-state index in [-0.39, 0.29) is 24.4 Å². The van der Waals surface area contributed by atoms with Gasteiger partial charge in [-0.3, -0.25) is 14.8 Å². The number of benzene rings is 1. The van der Waals surface area contributed by atoms with Crippen LogP contribution in [0.15, 0.2) is 24.3 Å². The van der Waals surface area contributed by atoms with Gasteiger partial charge in [-0.15, -0.1) is 0 Å². The predicted octanol–water partition coefficient (Wildman–Crippen LogP) is 1.61. The van der Waals surface area contributed by atoms with Crippen LogP contribution in [0.1, 0.15) is 36.8 Å². The van der Waals surface area contributed by atoms with Crippen LogP contribution in [-0.4, -0.2) is 37.3 Å². The fraction of sp³-hybridized carbons (Fsp3) is 0.500. The normalized spacial score (nSPS) is 14.1. The summed E-state index contributed by atoms with van der Waals surface area (Å²) in [5.74, 6) is -2.39. The first kappa shape index (κ1) is 19.3. The SMILES string of the molecule is Cc1ccc(C(C)C(=O)C[C@H](CCS(C)(=O)=O)C(=O)NO)cc1. The quantitative estimate of drug-likeness (QED) is 0.553. The van der Waals surface area contributed by atoms with Gasteiger partial charge in [0.15, 0.2) is 0 Å². The summed E-state index contributed by atoms with van der Waals surface area (Å²) >= 11 is 0. The molecule has 1 aromatic carbocycles. The lowest BCUT2D eigenvalue weighted by molar-refractivity contribution is -0.136. The average molecular weight is 341 g/mol. The van der Waals surface area contributed by atoms with E-state index in [0.717, 1.165) is 17.4 Å². The minimum Gasteiger partial charge on any atom is -0.299 e. The van der Waals surface area contributed by atoms with Crippen LogP contribution in [0.2, 0.25) is 0 Å². The van der Waals surface area contributed by atoms with Gasteiger partial charge >= 0.3 is 0 Å². The van der Waals surface area contributed by atoms with E-state index in [1.54, 1.807) is 6.92 Å². The van der Waals surface area contributed by atoms with Crippen LogP contribution in [-0.2, 0) is 19.4 Å². The van der Waals surface area contributed by atoms with Gasteiger partial charge in [0, 0.05) is 24.5 Å². The number of carbonyl (C=O) groups excluding carboxylic acids is 2. The Balaban J connectivity index is 2.79. The number of ketones is 1. The van der Waals surface area contributed by atoms with Gasteiger partial charge < -0.3 is 0 Å². The Kier molecular flexibility index (Phi) is 6.90. The third-order valence-corrected chi connectivity index (χ3v) is 4.80. The number of carbonyl (C=O) groups is 2. The standard InChI is InChI=1S/C16H23NO5S/c1-11-4-6-13(7-5-11)12(2)15(18)10-14(16(19)17-20)8-9-23(3,21)22/h4-7,12,14,20H,8-10H2,1-3H3,(H,17,19)/t12?,14-/m0/s1. The Morgan fingerprint density at radius 3 is 2.26 bits per heavy atom. The highest BCUT2D eigenvalue weighted by atomic mass is 32.2. The van der Waals surface area contributed by atoms with Gasteiger partial charge in [0.2, 0.25) is 5.91 Å². The lowest BCUT2D eigenvalue weighted by Gasteiger charge is -2.17. The van der Waals surface area contributed by atoms with Gasteiger partial charge in [-0.2, -0.15) is 0 Å². The van der Waals surface area contributed by atoms with E-state index in [2.05, 4.69) is 0 Å². The van der Waals surface area contributed by atoms with Crippen molar-refractivity contribution in [2.24, 2.45) is 5.92 Å². The average Bonchev–Trinajstić information content (AvgIpc) is 2.49. The Hall–Kier alpha value is -1.73. The number of hydrogen-bond donors (Lipinski definition) is 2. The van der Waals surface area contributed by atoms with Crippen molar-refractivity contribution in [1.29, 1.82) is 0 Å². The fourth-order valence-electron chi connectivity index (χ4n) is 2.23. The zero-order valence-electron chi connectivity index (χ0n) is 13.6. The minimum atomic E-state index is -3.25. The summed E-state index contributed by atoms with van der Waals surface area (Å²) in [6, 6.07) is 7.52. The molecule has 0 radical (unpaired) electrons. The molecule has 0 aliphatic rings. The van der Waals surface area contributed by atoms with E-state index >= 15 is 0 Å². The van der Waals surface area contributed by atoms with Gasteiger partial charge in [-0.1, -0.05) is 36.8 Å². The van der Waals surface area contributed by atoms with E-state index in [1.807, 2.05) is 31.2 Å². The second kappa shape index (κ2) is 8.21. The second-order valence-corrected chi connectivity index (χ2v) is 8.15. The molecular formula is C16H23NO5S. The molecule has 2 atom stereocenters. The summed E-state index contributed by atoms with van der Waals surface area (Å²) < 4.78 is 22.5. The van der Waals surface area contributed by atoms with Gasteiger partial charge in [0.05, 0.1) is 5.75 Å². The van der Waals surface area contributed by atoms with Crippen LogP contribution in [0.5, 0.6) is 0 Å². The first-order valence-corrected chi connectivity index (χ1v) is 9.41. The van der Waals surface area contributed by atoms with E-state index in [9.17, 15) is 18.0 Å². The van der Waals surface area contributed by atoms with Gasteiger partial charge in [0.25, 0.3) is 0 Å². The molecule has 128 valence electrons. The van der Waals surface area contributed by atoms with Crippen LogP contribution >= 0.6 is 0 Å². The molecule has 1 unspecified atom stereocenters. The first-order valence-electron chi connectivity index (χ1n) is 7.35. The van der Waals surface area contributed by atoms with Crippen molar-refractivity contribution in [3.63, 3.8) is 0 Å². The molecule has 1 rings (SSSR count). The van der Waals surface area contributed by atoms with E-state index in [0.29, 0.717) is 0 Å². The summed E-state index contributed by atoms with van der Waals surface area (Å²) in [5.41, 5.74) is 3.43. The Bertz CT molecular complexity index is 652. The highest BCUT2D eigenvalue weighted by Crippen LogP contribution is 2.22. The number of Topliss-reactive ketones (excluding diaryl/α,β-unsaturated/α-hetero) is 1. The zero-order valence-corrected chi connectivity index (χ0v) is 14.4. The Labute approximate surface area is 136 Å². The molecule has 0 saturated carbocycles. The number of amides is 1. The molecule has 1 aromatic rings. The molecule has 1 amide bonds. The number of sulfone groups is 1.